The number of nitrogens with one attached hydrogen (secondary N) is 1. The molecule has 0 radical (unpaired) electrons. The maximum absolute atomic E-state index is 12.9. The minimum absolute atomic E-state index is 0.211. The van der Waals surface area contributed by atoms with Crippen LogP contribution < -0.4 is 5.32 Å². The molecule has 1 saturated heterocycles. The highest BCUT2D eigenvalue weighted by molar-refractivity contribution is 6.22. The van der Waals surface area contributed by atoms with E-state index >= 15 is 0 Å². The van der Waals surface area contributed by atoms with E-state index in [9.17, 15) is 14.4 Å². The Morgan fingerprint density at radius 1 is 1.03 bits per heavy atom. The van der Waals surface area contributed by atoms with E-state index in [-0.39, 0.29) is 24.3 Å². The highest BCUT2D eigenvalue weighted by Crippen LogP contribution is 2.26. The van der Waals surface area contributed by atoms with E-state index < -0.39 is 0 Å². The van der Waals surface area contributed by atoms with Gasteiger partial charge in [0.2, 0.25) is 0 Å². The van der Waals surface area contributed by atoms with Crippen molar-refractivity contribution in [1.29, 1.82) is 0 Å². The molecule has 0 saturated carbocycles. The summed E-state index contributed by atoms with van der Waals surface area (Å²) in [5, 5.41) is 2.95. The number of likely N-dealkylation sites (tertiary alicyclic amines) is 1. The van der Waals surface area contributed by atoms with E-state index in [2.05, 4.69) is 17.1 Å². The van der Waals surface area contributed by atoms with E-state index in [1.54, 1.807) is 18.2 Å². The first-order valence-electron chi connectivity index (χ1n) is 11.5. The Morgan fingerprint density at radius 3 is 2.53 bits per heavy atom. The molecular formula is C26H31N3O3. The molecule has 2 aliphatic rings. The summed E-state index contributed by atoms with van der Waals surface area (Å²) in [5.74, 6) is -0.871. The van der Waals surface area contributed by atoms with Crippen LogP contribution in [0.2, 0.25) is 0 Å². The van der Waals surface area contributed by atoms with Gasteiger partial charge in [0, 0.05) is 24.7 Å². The molecule has 1 atom stereocenters. The summed E-state index contributed by atoms with van der Waals surface area (Å²) in [4.78, 5) is 42.0. The predicted molar refractivity (Wildman–Crippen MR) is 124 cm³/mol. The van der Waals surface area contributed by atoms with Crippen LogP contribution in [0.4, 0.5) is 0 Å². The minimum atomic E-state index is -0.348. The molecule has 1 fully saturated rings. The average Bonchev–Trinajstić information content (AvgIpc) is 3.03. The van der Waals surface area contributed by atoms with E-state index in [0.717, 1.165) is 30.6 Å². The third-order valence-corrected chi connectivity index (χ3v) is 6.54. The van der Waals surface area contributed by atoms with Crippen LogP contribution in [-0.2, 0) is 6.54 Å². The Hall–Kier alpha value is -2.99. The van der Waals surface area contributed by atoms with Gasteiger partial charge >= 0.3 is 0 Å². The lowest BCUT2D eigenvalue weighted by atomic mass is 10.0. The van der Waals surface area contributed by atoms with Crippen LogP contribution in [0.1, 0.15) is 74.8 Å². The van der Waals surface area contributed by atoms with Crippen molar-refractivity contribution in [1.82, 2.24) is 15.1 Å². The third kappa shape index (κ3) is 4.75. The molecule has 2 aliphatic heterocycles. The highest BCUT2D eigenvalue weighted by atomic mass is 16.2. The number of carbonyl (C=O) groups is 3. The van der Waals surface area contributed by atoms with Crippen molar-refractivity contribution < 1.29 is 14.4 Å². The van der Waals surface area contributed by atoms with Crippen LogP contribution in [-0.4, -0.2) is 53.2 Å². The van der Waals surface area contributed by atoms with Gasteiger partial charge in [0.1, 0.15) is 0 Å². The van der Waals surface area contributed by atoms with Crippen molar-refractivity contribution in [3.8, 4) is 0 Å². The summed E-state index contributed by atoms with van der Waals surface area (Å²) in [6.45, 7) is 7.19. The molecule has 0 bridgehead atoms. The Bertz CT molecular complexity index is 1020. The predicted octanol–water partition coefficient (Wildman–Crippen LogP) is 3.79. The Labute approximate surface area is 189 Å². The molecule has 2 heterocycles. The summed E-state index contributed by atoms with van der Waals surface area (Å²) in [6.07, 6.45) is 4.69. The molecule has 6 nitrogen and oxygen atoms in total. The summed E-state index contributed by atoms with van der Waals surface area (Å²) >= 11 is 0. The molecule has 0 aliphatic carbocycles. The van der Waals surface area contributed by atoms with Crippen molar-refractivity contribution in [2.45, 2.75) is 52.1 Å². The quantitative estimate of drug-likeness (QED) is 0.533. The monoisotopic (exact) mass is 433 g/mol. The van der Waals surface area contributed by atoms with Gasteiger partial charge in [-0.05, 0) is 63.4 Å². The number of rotatable bonds is 7. The maximum atomic E-state index is 12.9. The molecule has 6 heteroatoms. The molecule has 32 heavy (non-hydrogen) atoms. The van der Waals surface area contributed by atoms with Crippen LogP contribution in [0.5, 0.6) is 0 Å². The highest BCUT2D eigenvalue weighted by Gasteiger charge is 2.36. The van der Waals surface area contributed by atoms with E-state index in [4.69, 9.17) is 0 Å². The first kappa shape index (κ1) is 22.2. The Morgan fingerprint density at radius 2 is 1.78 bits per heavy atom. The normalized spacial score (nSPS) is 18.7. The zero-order chi connectivity index (χ0) is 22.7. The van der Waals surface area contributed by atoms with Crippen molar-refractivity contribution in [2.24, 2.45) is 0 Å². The Kier molecular flexibility index (Phi) is 6.70. The van der Waals surface area contributed by atoms with Crippen LogP contribution in [0, 0.1) is 6.92 Å². The van der Waals surface area contributed by atoms with E-state index in [0.29, 0.717) is 29.3 Å². The summed E-state index contributed by atoms with van der Waals surface area (Å²) < 4.78 is 0. The number of amides is 3. The number of fused-ring (bicyclic) bond motifs is 1. The fourth-order valence-electron chi connectivity index (χ4n) is 4.53. The first-order valence-corrected chi connectivity index (χ1v) is 11.5. The second kappa shape index (κ2) is 9.65. The zero-order valence-corrected chi connectivity index (χ0v) is 18.9. The fraction of sp³-hybridized carbons (Fsp3) is 0.423. The van der Waals surface area contributed by atoms with Gasteiger partial charge in [0.05, 0.1) is 17.7 Å². The molecular weight excluding hydrogens is 402 g/mol. The molecule has 0 aromatic heterocycles. The van der Waals surface area contributed by atoms with Crippen LogP contribution in [0.3, 0.4) is 0 Å². The molecule has 4 rings (SSSR count). The van der Waals surface area contributed by atoms with Gasteiger partial charge in [-0.3, -0.25) is 19.3 Å². The lowest BCUT2D eigenvalue weighted by Crippen LogP contribution is -2.39. The van der Waals surface area contributed by atoms with E-state index in [1.165, 1.54) is 24.2 Å². The van der Waals surface area contributed by atoms with Gasteiger partial charge in [-0.25, -0.2) is 0 Å². The molecule has 1 unspecified atom stereocenters. The summed E-state index contributed by atoms with van der Waals surface area (Å²) in [7, 11) is 0. The third-order valence-electron chi connectivity index (χ3n) is 6.54. The van der Waals surface area contributed by atoms with E-state index in [1.807, 2.05) is 31.2 Å². The van der Waals surface area contributed by atoms with Crippen molar-refractivity contribution in [3.63, 3.8) is 0 Å². The van der Waals surface area contributed by atoms with Crippen LogP contribution in [0.25, 0.3) is 0 Å². The van der Waals surface area contributed by atoms with Crippen molar-refractivity contribution in [2.75, 3.05) is 19.6 Å². The summed E-state index contributed by atoms with van der Waals surface area (Å²) in [5.41, 5.74) is 3.09. The number of piperidine rings is 1. The van der Waals surface area contributed by atoms with Crippen LogP contribution >= 0.6 is 0 Å². The largest absolute Gasteiger partial charge is 0.352 e. The number of nitrogens with zero attached hydrogens (tertiary/aromatic N) is 2. The van der Waals surface area contributed by atoms with Gasteiger partial charge in [0.15, 0.2) is 0 Å². The van der Waals surface area contributed by atoms with Gasteiger partial charge in [-0.15, -0.1) is 0 Å². The van der Waals surface area contributed by atoms with Gasteiger partial charge in [-0.1, -0.05) is 36.2 Å². The molecule has 3 amide bonds. The lowest BCUT2D eigenvalue weighted by molar-refractivity contribution is 0.0642. The lowest BCUT2D eigenvalue weighted by Gasteiger charge is -2.33. The number of hydrogen-bond acceptors (Lipinski definition) is 4. The van der Waals surface area contributed by atoms with Crippen LogP contribution in [0.15, 0.2) is 42.5 Å². The van der Waals surface area contributed by atoms with Gasteiger partial charge in [-0.2, -0.15) is 0 Å². The topological polar surface area (TPSA) is 69.7 Å². The molecule has 2 aromatic rings. The summed E-state index contributed by atoms with van der Waals surface area (Å²) in [6, 6.07) is 13.1. The first-order chi connectivity index (χ1) is 15.4. The molecule has 1 N–H and O–H groups in total. The second-order valence-corrected chi connectivity index (χ2v) is 8.93. The number of hydrogen-bond donors (Lipinski definition) is 1. The molecule has 0 spiro atoms. The number of imide groups is 1. The molecule has 168 valence electrons. The standard InChI is InChI=1S/C26H31N3O3/c1-18-7-9-20(10-8-18)17-29-25(31)22-12-11-21(16-23(22)26(29)32)24(30)27-13-5-15-28-14-4-3-6-19(28)2/h7-12,16,19H,3-6,13-15,17H2,1-2H3,(H,27,30). The second-order valence-electron chi connectivity index (χ2n) is 8.93. The number of aryl methyl sites for hydroxylation is 1. The zero-order valence-electron chi connectivity index (χ0n) is 18.9. The van der Waals surface area contributed by atoms with Gasteiger partial charge < -0.3 is 10.2 Å². The van der Waals surface area contributed by atoms with Gasteiger partial charge in [0.25, 0.3) is 17.7 Å². The SMILES string of the molecule is Cc1ccc(CN2C(=O)c3ccc(C(=O)NCCCN4CCCCC4C)cc3C2=O)cc1. The fourth-order valence-corrected chi connectivity index (χ4v) is 4.53. The Balaban J connectivity index is 1.35. The average molecular weight is 434 g/mol. The minimum Gasteiger partial charge on any atom is -0.352 e. The number of benzene rings is 2. The molecule has 2 aromatic carbocycles. The number of carbonyl (C=O) groups excluding carboxylic acids is 3. The smallest absolute Gasteiger partial charge is 0.261 e. The van der Waals surface area contributed by atoms with Crippen molar-refractivity contribution in [3.05, 3.63) is 70.3 Å². The van der Waals surface area contributed by atoms with Crippen molar-refractivity contribution >= 4 is 17.7 Å². The maximum Gasteiger partial charge on any atom is 0.261 e.